The van der Waals surface area contributed by atoms with Crippen molar-refractivity contribution >= 4 is 28.4 Å². The van der Waals surface area contributed by atoms with E-state index in [1.165, 1.54) is 0 Å². The minimum atomic E-state index is -0.0884. The summed E-state index contributed by atoms with van der Waals surface area (Å²) in [6, 6.07) is 13.0. The lowest BCUT2D eigenvalue weighted by molar-refractivity contribution is 0.0784. The zero-order chi connectivity index (χ0) is 18.3. The van der Waals surface area contributed by atoms with Crippen molar-refractivity contribution in [3.63, 3.8) is 0 Å². The molecular formula is C20H17ClN2O3. The molecule has 6 heteroatoms. The van der Waals surface area contributed by atoms with Gasteiger partial charge in [0.2, 0.25) is 6.79 Å². The number of pyridine rings is 1. The monoisotopic (exact) mass is 368 g/mol. The summed E-state index contributed by atoms with van der Waals surface area (Å²) in [5, 5.41) is 1.47. The maximum absolute atomic E-state index is 12.9. The molecule has 132 valence electrons. The van der Waals surface area contributed by atoms with Crippen LogP contribution in [0.15, 0.2) is 42.5 Å². The molecule has 0 bridgehead atoms. The van der Waals surface area contributed by atoms with Crippen LogP contribution in [-0.2, 0) is 6.54 Å². The van der Waals surface area contributed by atoms with Crippen LogP contribution in [0.5, 0.6) is 11.5 Å². The average molecular weight is 369 g/mol. The quantitative estimate of drug-likeness (QED) is 0.695. The molecule has 1 aromatic heterocycles. The van der Waals surface area contributed by atoms with Gasteiger partial charge in [0.1, 0.15) is 0 Å². The summed E-state index contributed by atoms with van der Waals surface area (Å²) in [7, 11) is 1.77. The maximum atomic E-state index is 12.9. The standard InChI is InChI=1S/C20H17ClN2O3/c1-12-16(9-14-8-15(21)4-5-17(14)22-12)20(24)23(2)10-13-3-6-18-19(7-13)26-11-25-18/h3-9H,10-11H2,1-2H3. The second-order valence-corrected chi connectivity index (χ2v) is 6.74. The highest BCUT2D eigenvalue weighted by Gasteiger charge is 2.18. The summed E-state index contributed by atoms with van der Waals surface area (Å²) in [5.41, 5.74) is 3.06. The van der Waals surface area contributed by atoms with E-state index in [2.05, 4.69) is 4.98 Å². The Kier molecular flexibility index (Phi) is 4.17. The van der Waals surface area contributed by atoms with Gasteiger partial charge in [-0.15, -0.1) is 0 Å². The third-order valence-electron chi connectivity index (χ3n) is 4.40. The number of carbonyl (C=O) groups excluding carboxylic acids is 1. The fourth-order valence-electron chi connectivity index (χ4n) is 3.05. The van der Waals surface area contributed by atoms with Crippen molar-refractivity contribution in [3.05, 3.63) is 64.3 Å². The molecule has 0 fully saturated rings. The summed E-state index contributed by atoms with van der Waals surface area (Å²) in [4.78, 5) is 19.1. The highest BCUT2D eigenvalue weighted by atomic mass is 35.5. The first-order valence-electron chi connectivity index (χ1n) is 8.22. The molecule has 0 N–H and O–H groups in total. The molecule has 0 atom stereocenters. The Hall–Kier alpha value is -2.79. The van der Waals surface area contributed by atoms with Gasteiger partial charge < -0.3 is 14.4 Å². The topological polar surface area (TPSA) is 51.7 Å². The van der Waals surface area contributed by atoms with Crippen LogP contribution >= 0.6 is 11.6 Å². The van der Waals surface area contributed by atoms with Crippen molar-refractivity contribution in [1.82, 2.24) is 9.88 Å². The van der Waals surface area contributed by atoms with Crippen LogP contribution in [0.2, 0.25) is 5.02 Å². The molecule has 0 unspecified atom stereocenters. The van der Waals surface area contributed by atoms with Gasteiger partial charge in [-0.2, -0.15) is 0 Å². The Morgan fingerprint density at radius 3 is 2.81 bits per heavy atom. The number of aromatic nitrogens is 1. The minimum absolute atomic E-state index is 0.0884. The van der Waals surface area contributed by atoms with E-state index in [0.717, 1.165) is 22.2 Å². The Labute approximate surface area is 156 Å². The van der Waals surface area contributed by atoms with Gasteiger partial charge in [-0.25, -0.2) is 0 Å². The van der Waals surface area contributed by atoms with Gasteiger partial charge in [0.25, 0.3) is 5.91 Å². The molecule has 1 aliphatic heterocycles. The number of rotatable bonds is 3. The van der Waals surface area contributed by atoms with Crippen LogP contribution in [0.3, 0.4) is 0 Å². The zero-order valence-electron chi connectivity index (χ0n) is 14.5. The lowest BCUT2D eigenvalue weighted by atomic mass is 10.1. The van der Waals surface area contributed by atoms with Gasteiger partial charge in [0, 0.05) is 24.0 Å². The van der Waals surface area contributed by atoms with Crippen LogP contribution in [0.1, 0.15) is 21.6 Å². The number of benzene rings is 2. The van der Waals surface area contributed by atoms with E-state index in [4.69, 9.17) is 21.1 Å². The molecule has 2 heterocycles. The van der Waals surface area contributed by atoms with Gasteiger partial charge in [-0.3, -0.25) is 9.78 Å². The molecule has 0 saturated heterocycles. The van der Waals surface area contributed by atoms with Gasteiger partial charge in [0.05, 0.1) is 16.8 Å². The van der Waals surface area contributed by atoms with Crippen molar-refractivity contribution in [2.24, 2.45) is 0 Å². The molecule has 26 heavy (non-hydrogen) atoms. The lowest BCUT2D eigenvalue weighted by Crippen LogP contribution is -2.27. The van der Waals surface area contributed by atoms with Crippen molar-refractivity contribution in [2.75, 3.05) is 13.8 Å². The zero-order valence-corrected chi connectivity index (χ0v) is 15.2. The average Bonchev–Trinajstić information content (AvgIpc) is 3.08. The Morgan fingerprint density at radius 1 is 1.15 bits per heavy atom. The number of nitrogens with zero attached hydrogens (tertiary/aromatic N) is 2. The van der Waals surface area contributed by atoms with Crippen LogP contribution in [0.4, 0.5) is 0 Å². The molecule has 2 aromatic carbocycles. The molecule has 0 radical (unpaired) electrons. The van der Waals surface area contributed by atoms with E-state index in [0.29, 0.717) is 28.6 Å². The molecular weight excluding hydrogens is 352 g/mol. The first kappa shape index (κ1) is 16.7. The molecule has 3 aromatic rings. The molecule has 0 saturated carbocycles. The molecule has 0 aliphatic carbocycles. The lowest BCUT2D eigenvalue weighted by Gasteiger charge is -2.19. The van der Waals surface area contributed by atoms with Gasteiger partial charge in [0.15, 0.2) is 11.5 Å². The summed E-state index contributed by atoms with van der Waals surface area (Å²) < 4.78 is 10.7. The van der Waals surface area contributed by atoms with Crippen molar-refractivity contribution in [1.29, 1.82) is 0 Å². The molecule has 4 rings (SSSR count). The van der Waals surface area contributed by atoms with Crippen molar-refractivity contribution < 1.29 is 14.3 Å². The molecule has 1 aliphatic rings. The third-order valence-corrected chi connectivity index (χ3v) is 4.64. The van der Waals surface area contributed by atoms with Crippen LogP contribution in [-0.4, -0.2) is 29.6 Å². The second-order valence-electron chi connectivity index (χ2n) is 6.31. The Bertz CT molecular complexity index is 1020. The van der Waals surface area contributed by atoms with E-state index < -0.39 is 0 Å². The Morgan fingerprint density at radius 2 is 1.96 bits per heavy atom. The van der Waals surface area contributed by atoms with Crippen molar-refractivity contribution in [2.45, 2.75) is 13.5 Å². The maximum Gasteiger partial charge on any atom is 0.255 e. The first-order chi connectivity index (χ1) is 12.5. The normalized spacial score (nSPS) is 12.4. The number of carbonyl (C=O) groups is 1. The number of ether oxygens (including phenoxy) is 2. The van der Waals surface area contributed by atoms with Crippen LogP contribution < -0.4 is 9.47 Å². The highest BCUT2D eigenvalue weighted by molar-refractivity contribution is 6.31. The largest absolute Gasteiger partial charge is 0.454 e. The summed E-state index contributed by atoms with van der Waals surface area (Å²) in [5.74, 6) is 1.35. The molecule has 1 amide bonds. The second kappa shape index (κ2) is 6.50. The van der Waals surface area contributed by atoms with E-state index >= 15 is 0 Å². The van der Waals surface area contributed by atoms with E-state index in [1.807, 2.05) is 43.3 Å². The smallest absolute Gasteiger partial charge is 0.255 e. The van der Waals surface area contributed by atoms with Gasteiger partial charge in [-0.05, 0) is 48.9 Å². The van der Waals surface area contributed by atoms with Gasteiger partial charge >= 0.3 is 0 Å². The number of hydrogen-bond acceptors (Lipinski definition) is 4. The number of hydrogen-bond donors (Lipinski definition) is 0. The SMILES string of the molecule is Cc1nc2ccc(Cl)cc2cc1C(=O)N(C)Cc1ccc2c(c1)OCO2. The number of halogens is 1. The predicted molar refractivity (Wildman–Crippen MR) is 99.9 cm³/mol. The highest BCUT2D eigenvalue weighted by Crippen LogP contribution is 2.33. The minimum Gasteiger partial charge on any atom is -0.454 e. The van der Waals surface area contributed by atoms with Crippen LogP contribution in [0, 0.1) is 6.92 Å². The van der Waals surface area contributed by atoms with E-state index in [9.17, 15) is 4.79 Å². The summed E-state index contributed by atoms with van der Waals surface area (Å²) >= 11 is 6.06. The van der Waals surface area contributed by atoms with Crippen molar-refractivity contribution in [3.8, 4) is 11.5 Å². The molecule has 0 spiro atoms. The van der Waals surface area contributed by atoms with Gasteiger partial charge in [-0.1, -0.05) is 17.7 Å². The number of amides is 1. The fourth-order valence-corrected chi connectivity index (χ4v) is 3.23. The fraction of sp³-hybridized carbons (Fsp3) is 0.200. The number of fused-ring (bicyclic) bond motifs is 2. The molecule has 5 nitrogen and oxygen atoms in total. The first-order valence-corrected chi connectivity index (χ1v) is 8.60. The number of aryl methyl sites for hydroxylation is 1. The summed E-state index contributed by atoms with van der Waals surface area (Å²) in [6.45, 7) is 2.54. The summed E-state index contributed by atoms with van der Waals surface area (Å²) in [6.07, 6.45) is 0. The third kappa shape index (κ3) is 3.06. The van der Waals surface area contributed by atoms with E-state index in [1.54, 1.807) is 18.0 Å². The van der Waals surface area contributed by atoms with E-state index in [-0.39, 0.29) is 12.7 Å². The predicted octanol–water partition coefficient (Wildman–Crippen LogP) is 4.20. The van der Waals surface area contributed by atoms with Crippen LogP contribution in [0.25, 0.3) is 10.9 Å². The Balaban J connectivity index is 1.60.